The maximum atomic E-state index is 13.1. The minimum Gasteiger partial charge on any atom is -0.490 e. The second kappa shape index (κ2) is 9.31. The van der Waals surface area contributed by atoms with E-state index in [2.05, 4.69) is 0 Å². The number of ether oxygens (including phenoxy) is 3. The third-order valence-corrected chi connectivity index (χ3v) is 4.88. The summed E-state index contributed by atoms with van der Waals surface area (Å²) < 4.78 is 30.0. The van der Waals surface area contributed by atoms with E-state index in [0.717, 1.165) is 13.1 Å². The molecule has 0 spiro atoms. The highest BCUT2D eigenvalue weighted by molar-refractivity contribution is 5.79. The zero-order valence-electron chi connectivity index (χ0n) is 15.8. The molecule has 0 saturated carbocycles. The number of morpholine rings is 2. The molecule has 28 heavy (non-hydrogen) atoms. The van der Waals surface area contributed by atoms with Crippen LogP contribution in [0.2, 0.25) is 0 Å². The predicted octanol–water partition coefficient (Wildman–Crippen LogP) is 0.00970. The highest BCUT2D eigenvalue weighted by Crippen LogP contribution is 2.24. The van der Waals surface area contributed by atoms with Crippen LogP contribution in [0.1, 0.15) is 6.42 Å². The molecule has 154 valence electrons. The molecule has 0 radical (unpaired) electrons. The van der Waals surface area contributed by atoms with Crippen molar-refractivity contribution in [2.24, 2.45) is 5.73 Å². The molecule has 2 aliphatic rings. The van der Waals surface area contributed by atoms with Crippen LogP contribution >= 0.6 is 0 Å². The summed E-state index contributed by atoms with van der Waals surface area (Å²) in [5.41, 5.74) is 4.39. The molecule has 0 unspecified atom stereocenters. The summed E-state index contributed by atoms with van der Waals surface area (Å²) in [5, 5.41) is 0. The average molecular weight is 395 g/mol. The maximum Gasteiger partial charge on any atom is 0.236 e. The molecular weight excluding hydrogens is 369 g/mol. The zero-order valence-corrected chi connectivity index (χ0v) is 15.8. The molecule has 8 nitrogen and oxygen atoms in total. The van der Waals surface area contributed by atoms with Crippen LogP contribution in [-0.4, -0.2) is 86.4 Å². The standard InChI is InChI=1S/C19H26FN3O5/c20-15-1-3-16(4-2-15)27-14-19(11-17(21)24)13-23(7-10-28-19)18(25)12-22-5-8-26-9-6-22/h1-4H,5-14H2,(H2,21,24)/t19-/m1/s1. The molecule has 2 fully saturated rings. The Morgan fingerprint density at radius 3 is 2.54 bits per heavy atom. The van der Waals surface area contributed by atoms with E-state index in [4.69, 9.17) is 19.9 Å². The summed E-state index contributed by atoms with van der Waals surface area (Å²) in [5.74, 6) is -0.482. The van der Waals surface area contributed by atoms with E-state index >= 15 is 0 Å². The van der Waals surface area contributed by atoms with Gasteiger partial charge in [0.05, 0.1) is 39.3 Å². The van der Waals surface area contributed by atoms with Gasteiger partial charge < -0.3 is 24.8 Å². The Morgan fingerprint density at radius 2 is 1.86 bits per heavy atom. The lowest BCUT2D eigenvalue weighted by Crippen LogP contribution is -2.59. The van der Waals surface area contributed by atoms with Crippen LogP contribution in [-0.2, 0) is 19.1 Å². The van der Waals surface area contributed by atoms with Crippen molar-refractivity contribution < 1.29 is 28.2 Å². The van der Waals surface area contributed by atoms with Crippen LogP contribution < -0.4 is 10.5 Å². The third kappa shape index (κ3) is 5.63. The molecule has 2 aliphatic heterocycles. The Kier molecular flexibility index (Phi) is 6.82. The van der Waals surface area contributed by atoms with E-state index in [1.807, 2.05) is 4.90 Å². The summed E-state index contributed by atoms with van der Waals surface area (Å²) in [6, 6.07) is 5.57. The molecule has 0 aromatic heterocycles. The number of halogens is 1. The molecule has 2 amide bonds. The molecule has 2 N–H and O–H groups in total. The van der Waals surface area contributed by atoms with Crippen LogP contribution in [0.4, 0.5) is 4.39 Å². The Balaban J connectivity index is 1.64. The van der Waals surface area contributed by atoms with E-state index in [1.165, 1.54) is 24.3 Å². The highest BCUT2D eigenvalue weighted by Gasteiger charge is 2.41. The quantitative estimate of drug-likeness (QED) is 0.699. The van der Waals surface area contributed by atoms with Crippen molar-refractivity contribution in [3.05, 3.63) is 30.1 Å². The van der Waals surface area contributed by atoms with Crippen LogP contribution in [0.25, 0.3) is 0 Å². The van der Waals surface area contributed by atoms with Crippen molar-refractivity contribution in [2.75, 3.05) is 59.2 Å². The van der Waals surface area contributed by atoms with Gasteiger partial charge in [0, 0.05) is 19.6 Å². The second-order valence-electron chi connectivity index (χ2n) is 7.12. The molecule has 0 bridgehead atoms. The number of rotatable bonds is 7. The summed E-state index contributed by atoms with van der Waals surface area (Å²) in [4.78, 5) is 28.1. The van der Waals surface area contributed by atoms with Crippen LogP contribution in [0.3, 0.4) is 0 Å². The first kappa shape index (κ1) is 20.5. The van der Waals surface area contributed by atoms with E-state index < -0.39 is 11.5 Å². The van der Waals surface area contributed by atoms with Crippen LogP contribution in [0, 0.1) is 5.82 Å². The average Bonchev–Trinajstić information content (AvgIpc) is 2.68. The molecule has 9 heteroatoms. The number of nitrogens with zero attached hydrogens (tertiary/aromatic N) is 2. The van der Waals surface area contributed by atoms with Gasteiger partial charge >= 0.3 is 0 Å². The Bertz CT molecular complexity index is 681. The van der Waals surface area contributed by atoms with E-state index in [-0.39, 0.29) is 37.9 Å². The molecule has 1 aromatic rings. The Labute approximate surface area is 163 Å². The fourth-order valence-corrected chi connectivity index (χ4v) is 3.42. The molecule has 2 saturated heterocycles. The van der Waals surface area contributed by atoms with Crippen molar-refractivity contribution in [1.29, 1.82) is 0 Å². The van der Waals surface area contributed by atoms with Crippen molar-refractivity contribution >= 4 is 11.8 Å². The lowest BCUT2D eigenvalue weighted by atomic mass is 9.97. The van der Waals surface area contributed by atoms with Crippen molar-refractivity contribution in [2.45, 2.75) is 12.0 Å². The van der Waals surface area contributed by atoms with Gasteiger partial charge in [-0.3, -0.25) is 14.5 Å². The molecule has 3 rings (SSSR count). The predicted molar refractivity (Wildman–Crippen MR) is 98.2 cm³/mol. The molecule has 1 atom stereocenters. The van der Waals surface area contributed by atoms with Gasteiger partial charge in [-0.25, -0.2) is 4.39 Å². The fourth-order valence-electron chi connectivity index (χ4n) is 3.42. The number of hydrogen-bond donors (Lipinski definition) is 1. The summed E-state index contributed by atoms with van der Waals surface area (Å²) in [6.07, 6.45) is -0.0739. The maximum absolute atomic E-state index is 13.1. The van der Waals surface area contributed by atoms with Gasteiger partial charge in [-0.15, -0.1) is 0 Å². The number of nitrogens with two attached hydrogens (primary N) is 1. The monoisotopic (exact) mass is 395 g/mol. The highest BCUT2D eigenvalue weighted by atomic mass is 19.1. The first-order chi connectivity index (χ1) is 13.5. The van der Waals surface area contributed by atoms with Crippen molar-refractivity contribution in [3.63, 3.8) is 0 Å². The minimum atomic E-state index is -1.03. The number of hydrogen-bond acceptors (Lipinski definition) is 6. The lowest BCUT2D eigenvalue weighted by molar-refractivity contribution is -0.163. The first-order valence-corrected chi connectivity index (χ1v) is 9.34. The lowest BCUT2D eigenvalue weighted by Gasteiger charge is -2.42. The number of amides is 2. The van der Waals surface area contributed by atoms with Crippen molar-refractivity contribution in [3.8, 4) is 5.75 Å². The molecule has 2 heterocycles. The van der Waals surface area contributed by atoms with Crippen molar-refractivity contribution in [1.82, 2.24) is 9.80 Å². The number of benzene rings is 1. The van der Waals surface area contributed by atoms with E-state index in [1.54, 1.807) is 4.90 Å². The molecule has 0 aliphatic carbocycles. The first-order valence-electron chi connectivity index (χ1n) is 9.34. The molecule has 1 aromatic carbocycles. The number of carbonyl (C=O) groups excluding carboxylic acids is 2. The minimum absolute atomic E-state index is 0.0270. The Hall–Kier alpha value is -2.23. The third-order valence-electron chi connectivity index (χ3n) is 4.88. The van der Waals surface area contributed by atoms with Gasteiger partial charge in [-0.1, -0.05) is 0 Å². The zero-order chi connectivity index (χ0) is 20.0. The summed E-state index contributed by atoms with van der Waals surface area (Å²) in [7, 11) is 0. The van der Waals surface area contributed by atoms with E-state index in [9.17, 15) is 14.0 Å². The van der Waals surface area contributed by atoms with Gasteiger partial charge in [-0.05, 0) is 24.3 Å². The SMILES string of the molecule is NC(=O)C[C@]1(COc2ccc(F)cc2)CN(C(=O)CN2CCOCC2)CCO1. The topological polar surface area (TPSA) is 94.3 Å². The van der Waals surface area contributed by atoms with Gasteiger partial charge in [0.15, 0.2) is 0 Å². The van der Waals surface area contributed by atoms with Gasteiger partial charge in [0.1, 0.15) is 23.8 Å². The van der Waals surface area contributed by atoms with Gasteiger partial charge in [0.25, 0.3) is 0 Å². The van der Waals surface area contributed by atoms with E-state index in [0.29, 0.717) is 32.1 Å². The number of carbonyl (C=O) groups is 2. The van der Waals surface area contributed by atoms with Gasteiger partial charge in [-0.2, -0.15) is 0 Å². The van der Waals surface area contributed by atoms with Gasteiger partial charge in [0.2, 0.25) is 11.8 Å². The summed E-state index contributed by atoms with van der Waals surface area (Å²) in [6.45, 7) is 3.95. The molecular formula is C19H26FN3O5. The fraction of sp³-hybridized carbons (Fsp3) is 0.579. The second-order valence-corrected chi connectivity index (χ2v) is 7.12. The smallest absolute Gasteiger partial charge is 0.236 e. The van der Waals surface area contributed by atoms with Crippen LogP contribution in [0.5, 0.6) is 5.75 Å². The summed E-state index contributed by atoms with van der Waals surface area (Å²) >= 11 is 0. The van der Waals surface area contributed by atoms with Crippen LogP contribution in [0.15, 0.2) is 24.3 Å². The number of primary amides is 1. The normalized spacial score (nSPS) is 23.4. The Morgan fingerprint density at radius 1 is 1.14 bits per heavy atom. The largest absolute Gasteiger partial charge is 0.490 e.